The second-order valence-electron chi connectivity index (χ2n) is 10.2. The van der Waals surface area contributed by atoms with Crippen molar-refractivity contribution in [2.45, 2.75) is 31.1 Å². The maximum atomic E-state index is 13.3. The smallest absolute Gasteiger partial charge is 0.430 e. The highest BCUT2D eigenvalue weighted by molar-refractivity contribution is 7.12. The van der Waals surface area contributed by atoms with Crippen molar-refractivity contribution in [3.05, 3.63) is 59.2 Å². The van der Waals surface area contributed by atoms with Gasteiger partial charge in [0, 0.05) is 23.5 Å². The summed E-state index contributed by atoms with van der Waals surface area (Å²) in [6.45, 7) is 0.619. The maximum Gasteiger partial charge on any atom is 0.430 e. The second kappa shape index (κ2) is 14.0. The first-order valence-electron chi connectivity index (χ1n) is 13.5. The van der Waals surface area contributed by atoms with Gasteiger partial charge in [0.05, 0.1) is 37.0 Å². The Bertz CT molecular complexity index is 1640. The number of nitrogens with zero attached hydrogens (tertiary/aromatic N) is 3. The molecule has 46 heavy (non-hydrogen) atoms. The molecule has 0 unspecified atom stereocenters. The van der Waals surface area contributed by atoms with E-state index in [1.165, 1.54) is 6.07 Å². The number of carbonyl (C=O) groups excluding carboxylic acids is 2. The molecule has 1 fully saturated rings. The number of hydrogen-bond acceptors (Lipinski definition) is 7. The van der Waals surface area contributed by atoms with Crippen molar-refractivity contribution in [1.29, 1.82) is 0 Å². The van der Waals surface area contributed by atoms with Crippen LogP contribution >= 0.6 is 11.3 Å². The third kappa shape index (κ3) is 9.59. The second-order valence-corrected chi connectivity index (χ2v) is 11.1. The molecule has 1 aliphatic rings. The fourth-order valence-corrected chi connectivity index (χ4v) is 5.19. The number of ether oxygens (including phenoxy) is 1. The number of fused-ring (bicyclic) bond motifs is 1. The lowest BCUT2D eigenvalue weighted by Crippen LogP contribution is -3.14. The molecule has 0 aliphatic carbocycles. The van der Waals surface area contributed by atoms with Gasteiger partial charge in [0.15, 0.2) is 5.65 Å². The number of benzene rings is 1. The highest BCUT2D eigenvalue weighted by atomic mass is 32.1. The molecule has 18 heteroatoms. The zero-order valence-electron chi connectivity index (χ0n) is 23.6. The van der Waals surface area contributed by atoms with Crippen molar-refractivity contribution < 1.29 is 59.5 Å². The first kappa shape index (κ1) is 34.6. The molecule has 2 N–H and O–H groups in total. The van der Waals surface area contributed by atoms with Crippen molar-refractivity contribution in [2.24, 2.45) is 0 Å². The molecule has 4 heterocycles. The van der Waals surface area contributed by atoms with Crippen molar-refractivity contribution in [3.8, 4) is 28.0 Å². The number of likely N-dealkylation sites (tertiary alicyclic amines) is 1. The molecule has 1 amide bonds. The van der Waals surface area contributed by atoms with Crippen LogP contribution in [-0.2, 0) is 4.79 Å². The van der Waals surface area contributed by atoms with Crippen molar-refractivity contribution in [2.75, 3.05) is 32.8 Å². The molecule has 9 nitrogen and oxygen atoms in total. The van der Waals surface area contributed by atoms with Crippen LogP contribution in [0.15, 0.2) is 54.3 Å². The first-order valence-corrected chi connectivity index (χ1v) is 14.4. The van der Waals surface area contributed by atoms with Crippen LogP contribution in [0.3, 0.4) is 0 Å². The van der Waals surface area contributed by atoms with E-state index in [0.29, 0.717) is 48.8 Å². The number of aromatic nitrogens is 3. The van der Waals surface area contributed by atoms with E-state index >= 15 is 0 Å². The van der Waals surface area contributed by atoms with Gasteiger partial charge < -0.3 is 24.9 Å². The first-order chi connectivity index (χ1) is 21.5. The summed E-state index contributed by atoms with van der Waals surface area (Å²) in [7, 11) is 0. The molecule has 0 spiro atoms. The van der Waals surface area contributed by atoms with Crippen LogP contribution in [-0.4, -0.2) is 77.5 Å². The average Bonchev–Trinajstić information content (AvgIpc) is 3.64. The quantitative estimate of drug-likeness (QED) is 0.276. The number of alkyl halides is 8. The van der Waals surface area contributed by atoms with Gasteiger partial charge in [-0.25, -0.2) is 18.3 Å². The number of carbonyl (C=O) groups is 2. The van der Waals surface area contributed by atoms with Gasteiger partial charge >= 0.3 is 12.4 Å². The summed E-state index contributed by atoms with van der Waals surface area (Å²) in [6.07, 6.45) is -4.75. The number of hydrogen-bond donors (Lipinski definition) is 2. The third-order valence-electron chi connectivity index (χ3n) is 6.77. The van der Waals surface area contributed by atoms with Crippen LogP contribution in [0.2, 0.25) is 0 Å². The summed E-state index contributed by atoms with van der Waals surface area (Å²) in [5.41, 5.74) is 3.51. The number of thiophene rings is 1. The number of carboxylic acids is 1. The maximum absolute atomic E-state index is 13.3. The molecule has 0 bridgehead atoms. The number of rotatable bonds is 8. The predicted molar refractivity (Wildman–Crippen MR) is 146 cm³/mol. The molecule has 1 aliphatic heterocycles. The van der Waals surface area contributed by atoms with Crippen molar-refractivity contribution in [1.82, 2.24) is 19.9 Å². The molecule has 1 aromatic carbocycles. The van der Waals surface area contributed by atoms with Crippen LogP contribution in [0.4, 0.5) is 35.1 Å². The SMILES string of the molecule is O=C(NCC(F)(F)F)c1cc(-c2cnn3cc(-c4ccc(OCC[NH+]5CCC(F)(F)CC5)cc4)cnc23)cs1.O=C([O-])C(F)(F)F. The van der Waals surface area contributed by atoms with E-state index in [2.05, 4.69) is 10.1 Å². The molecule has 5 rings (SSSR count). The summed E-state index contributed by atoms with van der Waals surface area (Å²) in [4.78, 5) is 26.6. The van der Waals surface area contributed by atoms with E-state index in [1.807, 2.05) is 29.6 Å². The minimum atomic E-state index is -5.19. The van der Waals surface area contributed by atoms with Gasteiger partial charge in [-0.15, -0.1) is 11.3 Å². The number of piperidine rings is 1. The largest absolute Gasteiger partial charge is 0.542 e. The molecule has 4 aromatic rings. The summed E-state index contributed by atoms with van der Waals surface area (Å²) >= 11 is 1.04. The highest BCUT2D eigenvalue weighted by Crippen LogP contribution is 2.30. The fourth-order valence-electron chi connectivity index (χ4n) is 4.37. The van der Waals surface area contributed by atoms with Gasteiger partial charge in [-0.1, -0.05) is 12.1 Å². The Morgan fingerprint density at radius 3 is 2.28 bits per heavy atom. The average molecular weight is 680 g/mol. The Hall–Kier alpha value is -4.32. The molecule has 0 saturated carbocycles. The van der Waals surface area contributed by atoms with E-state index in [-0.39, 0.29) is 17.7 Å². The van der Waals surface area contributed by atoms with Crippen LogP contribution in [0.25, 0.3) is 27.9 Å². The van der Waals surface area contributed by atoms with E-state index in [4.69, 9.17) is 14.6 Å². The predicted octanol–water partition coefficient (Wildman–Crippen LogP) is 3.41. The van der Waals surface area contributed by atoms with Crippen LogP contribution in [0.1, 0.15) is 22.5 Å². The summed E-state index contributed by atoms with van der Waals surface area (Å²) in [6, 6.07) is 8.97. The number of quaternary nitrogens is 1. The van der Waals surface area contributed by atoms with Gasteiger partial charge in [0.2, 0.25) is 0 Å². The van der Waals surface area contributed by atoms with Crippen molar-refractivity contribution in [3.63, 3.8) is 0 Å². The Balaban J connectivity index is 0.000000617. The number of halogens is 8. The number of carboxylic acid groups (broad SMARTS) is 1. The van der Waals surface area contributed by atoms with E-state index < -0.39 is 36.7 Å². The normalized spacial score (nSPS) is 15.2. The zero-order chi connectivity index (χ0) is 33.7. The monoisotopic (exact) mass is 679 g/mol. The van der Waals surface area contributed by atoms with Gasteiger partial charge in [-0.3, -0.25) is 4.79 Å². The van der Waals surface area contributed by atoms with Crippen LogP contribution < -0.4 is 20.1 Å². The molecule has 0 radical (unpaired) electrons. The zero-order valence-corrected chi connectivity index (χ0v) is 24.4. The Labute approximate surface area is 259 Å². The molecule has 3 aromatic heterocycles. The van der Waals surface area contributed by atoms with E-state index in [0.717, 1.165) is 27.4 Å². The summed E-state index contributed by atoms with van der Waals surface area (Å²) in [5, 5.41) is 16.7. The number of aliphatic carboxylic acids is 1. The lowest BCUT2D eigenvalue weighted by Gasteiger charge is -2.28. The van der Waals surface area contributed by atoms with Gasteiger partial charge in [0.25, 0.3) is 11.8 Å². The van der Waals surface area contributed by atoms with Crippen LogP contribution in [0, 0.1) is 0 Å². The number of nitrogens with one attached hydrogen (secondary N) is 2. The van der Waals surface area contributed by atoms with Gasteiger partial charge in [-0.2, -0.15) is 31.4 Å². The van der Waals surface area contributed by atoms with E-state index in [1.54, 1.807) is 28.5 Å². The Morgan fingerprint density at radius 1 is 1.02 bits per heavy atom. The highest BCUT2D eigenvalue weighted by Gasteiger charge is 2.36. The van der Waals surface area contributed by atoms with Crippen LogP contribution in [0.5, 0.6) is 5.75 Å². The number of amides is 1. The van der Waals surface area contributed by atoms with Gasteiger partial charge in [0.1, 0.15) is 31.4 Å². The van der Waals surface area contributed by atoms with Gasteiger partial charge in [-0.05, 0) is 34.7 Å². The Morgan fingerprint density at radius 2 is 1.67 bits per heavy atom. The molecular formula is C28H25F8N5O4S. The molecule has 0 atom stereocenters. The fraction of sp³-hybridized carbons (Fsp3) is 0.357. The third-order valence-corrected chi connectivity index (χ3v) is 7.70. The lowest BCUT2D eigenvalue weighted by atomic mass is 10.1. The van der Waals surface area contributed by atoms with E-state index in [9.17, 15) is 39.9 Å². The summed E-state index contributed by atoms with van der Waals surface area (Å²) in [5.74, 6) is -5.65. The molecule has 248 valence electrons. The molecule has 1 saturated heterocycles. The van der Waals surface area contributed by atoms with Crippen molar-refractivity contribution >= 4 is 28.9 Å². The topological polar surface area (TPSA) is 113 Å². The minimum absolute atomic E-state index is 0.0794. The molecular weight excluding hydrogens is 654 g/mol. The Kier molecular flexibility index (Phi) is 10.5. The standard InChI is InChI=1S/C26H24F5N5O2S.C2HF3O2/c27-25(28)5-7-35(8-6-25)9-10-38-20-3-1-17(2-4-20)19-12-32-23-21(13-34-36(23)14-19)18-11-22(39-15-18)24(37)33-16-26(29,30)31;3-2(4,5)1(6)7/h1-4,11-15H,5-10,16H2,(H,33,37);(H,6,7). The lowest BCUT2D eigenvalue weighted by molar-refractivity contribution is -0.908. The summed E-state index contributed by atoms with van der Waals surface area (Å²) < 4.78 is 103. The minimum Gasteiger partial charge on any atom is -0.542 e.